The van der Waals surface area contributed by atoms with E-state index in [0.717, 1.165) is 43.6 Å². The highest BCUT2D eigenvalue weighted by atomic mass is 16.7. The molecule has 23 nitrogen and oxygen atoms in total. The van der Waals surface area contributed by atoms with Gasteiger partial charge in [-0.15, -0.1) is 10.2 Å². The summed E-state index contributed by atoms with van der Waals surface area (Å²) in [6.07, 6.45) is -0.604. The molecule has 2 aromatic rings. The Hall–Kier alpha value is -3.30. The highest BCUT2D eigenvalue weighted by molar-refractivity contribution is 5.73. The number of hydrogen-bond donors (Lipinski definition) is 8. The fourth-order valence-electron chi connectivity index (χ4n) is 7.20. The third kappa shape index (κ3) is 17.2. The van der Waals surface area contributed by atoms with Crippen LogP contribution in [0.5, 0.6) is 0 Å². The summed E-state index contributed by atoms with van der Waals surface area (Å²) in [6.45, 7) is 12.1. The summed E-state index contributed by atoms with van der Waals surface area (Å²) in [5.74, 6) is -0.872. The molecule has 2 aromatic heterocycles. The molecule has 2 aliphatic rings. The average molecular weight is 902 g/mol. The van der Waals surface area contributed by atoms with Crippen LogP contribution in [-0.2, 0) is 64.2 Å². The standard InChI is InChI=1S/C40H71N9O14/c1-6-40(4,5)10-8-7-9-11-47(20-28-22-48(45-43-28)12-14-58-16-18-60-38-32(41-26(2)52)36(56)34(54)30(24-50)62-38)21-29-23-49(46-44-29)13-15-59-17-19-61-39-33(42-27(3)53)37(57)35(55)31(25-51)63-39/h22-23,30-39,50-51,54-57H,6-21,24-25H2,1-5H3,(H,41,52)(H,42,53). The van der Waals surface area contributed by atoms with Crippen LogP contribution in [0.2, 0.25) is 0 Å². The minimum atomic E-state index is -1.39. The summed E-state index contributed by atoms with van der Waals surface area (Å²) in [6, 6.07) is -2.05. The van der Waals surface area contributed by atoms with Crippen molar-refractivity contribution in [2.24, 2.45) is 5.41 Å². The van der Waals surface area contributed by atoms with E-state index in [1.165, 1.54) is 20.3 Å². The Morgan fingerprint density at radius 1 is 0.714 bits per heavy atom. The van der Waals surface area contributed by atoms with Crippen molar-refractivity contribution >= 4 is 11.8 Å². The number of carbonyl (C=O) groups is 2. The molecule has 23 heteroatoms. The van der Waals surface area contributed by atoms with E-state index >= 15 is 0 Å². The first-order chi connectivity index (χ1) is 30.1. The SMILES string of the molecule is CCC(C)(C)CCCCCN(Cc1cn(CCOCCOC2OC(CO)C(O)C(O)C2NC(C)=O)nn1)Cc1cn(CCOCCOC2OC(CO)C(O)C(O)C2NC(C)=O)nn1. The zero-order valence-corrected chi connectivity index (χ0v) is 37.2. The van der Waals surface area contributed by atoms with Crippen molar-refractivity contribution in [2.45, 2.75) is 154 Å². The van der Waals surface area contributed by atoms with Gasteiger partial charge in [0, 0.05) is 39.3 Å². The first-order valence-electron chi connectivity index (χ1n) is 21.8. The fraction of sp³-hybridized carbons (Fsp3) is 0.850. The van der Waals surface area contributed by atoms with E-state index in [4.69, 9.17) is 28.4 Å². The lowest BCUT2D eigenvalue weighted by Crippen LogP contribution is -2.64. The Balaban J connectivity index is 1.21. The number of ether oxygens (including phenoxy) is 6. The molecule has 2 fully saturated rings. The van der Waals surface area contributed by atoms with Crippen LogP contribution < -0.4 is 10.6 Å². The minimum absolute atomic E-state index is 0.0626. The van der Waals surface area contributed by atoms with Crippen molar-refractivity contribution in [1.29, 1.82) is 0 Å². The predicted molar refractivity (Wildman–Crippen MR) is 221 cm³/mol. The van der Waals surface area contributed by atoms with E-state index in [1.54, 1.807) is 9.36 Å². The van der Waals surface area contributed by atoms with E-state index in [-0.39, 0.29) is 26.4 Å². The molecule has 0 bridgehead atoms. The minimum Gasteiger partial charge on any atom is -0.394 e. The Kier molecular flexibility index (Phi) is 22.1. The Morgan fingerprint density at radius 3 is 1.59 bits per heavy atom. The molecule has 0 spiro atoms. The molecule has 0 saturated carbocycles. The molecular weight excluding hydrogens is 830 g/mol. The molecule has 63 heavy (non-hydrogen) atoms. The lowest BCUT2D eigenvalue weighted by Gasteiger charge is -2.42. The number of aliphatic hydroxyl groups is 6. The van der Waals surface area contributed by atoms with Crippen molar-refractivity contribution in [1.82, 2.24) is 45.5 Å². The second-order valence-corrected chi connectivity index (χ2v) is 16.8. The quantitative estimate of drug-likeness (QED) is 0.0403. The first-order valence-corrected chi connectivity index (χ1v) is 21.8. The molecular formula is C40H71N9O14. The van der Waals surface area contributed by atoms with Gasteiger partial charge in [-0.3, -0.25) is 14.5 Å². The van der Waals surface area contributed by atoms with Crippen molar-refractivity contribution in [3.05, 3.63) is 23.8 Å². The summed E-state index contributed by atoms with van der Waals surface area (Å²) in [7, 11) is 0. The normalized spacial score (nSPS) is 26.6. The molecule has 0 aliphatic carbocycles. The number of aromatic nitrogens is 6. The van der Waals surface area contributed by atoms with E-state index in [0.29, 0.717) is 44.8 Å². The lowest BCUT2D eigenvalue weighted by molar-refractivity contribution is -0.272. The highest BCUT2D eigenvalue weighted by Crippen LogP contribution is 2.27. The van der Waals surface area contributed by atoms with Crippen LogP contribution in [0.15, 0.2) is 12.4 Å². The van der Waals surface area contributed by atoms with Gasteiger partial charge < -0.3 is 69.7 Å². The zero-order valence-electron chi connectivity index (χ0n) is 37.2. The Labute approximate surface area is 368 Å². The average Bonchev–Trinajstić information content (AvgIpc) is 3.90. The Morgan fingerprint density at radius 2 is 1.17 bits per heavy atom. The van der Waals surface area contributed by atoms with Crippen molar-refractivity contribution in [2.75, 3.05) is 59.4 Å². The maximum absolute atomic E-state index is 11.7. The smallest absolute Gasteiger partial charge is 0.217 e. The third-order valence-electron chi connectivity index (χ3n) is 11.2. The number of amides is 2. The zero-order chi connectivity index (χ0) is 45.9. The number of nitrogens with zero attached hydrogens (tertiary/aromatic N) is 7. The van der Waals surface area contributed by atoms with Gasteiger partial charge in [-0.1, -0.05) is 50.5 Å². The lowest BCUT2D eigenvalue weighted by atomic mass is 9.84. The van der Waals surface area contributed by atoms with Crippen LogP contribution in [0.1, 0.15) is 78.1 Å². The van der Waals surface area contributed by atoms with E-state index in [9.17, 15) is 40.2 Å². The summed E-state index contributed by atoms with van der Waals surface area (Å²) < 4.78 is 37.4. The molecule has 4 rings (SSSR count). The van der Waals surface area contributed by atoms with Crippen LogP contribution in [0.25, 0.3) is 0 Å². The van der Waals surface area contributed by atoms with Gasteiger partial charge in [0.15, 0.2) is 12.6 Å². The number of aliphatic hydroxyl groups excluding tert-OH is 6. The monoisotopic (exact) mass is 902 g/mol. The topological polar surface area (TPSA) is 300 Å². The number of nitrogens with one attached hydrogen (secondary N) is 2. The number of carbonyl (C=O) groups excluding carboxylic acids is 2. The molecule has 0 radical (unpaired) electrons. The van der Waals surface area contributed by atoms with E-state index in [2.05, 4.69) is 56.9 Å². The largest absolute Gasteiger partial charge is 0.394 e. The van der Waals surface area contributed by atoms with Crippen LogP contribution >= 0.6 is 0 Å². The van der Waals surface area contributed by atoms with Gasteiger partial charge in [0.2, 0.25) is 11.8 Å². The van der Waals surface area contributed by atoms with Gasteiger partial charge in [0.05, 0.1) is 77.3 Å². The molecule has 360 valence electrons. The second-order valence-electron chi connectivity index (χ2n) is 16.8. The number of hydrogen-bond acceptors (Lipinski definition) is 19. The summed E-state index contributed by atoms with van der Waals surface area (Å²) in [5.41, 5.74) is 1.89. The van der Waals surface area contributed by atoms with Gasteiger partial charge in [0.1, 0.15) is 48.7 Å². The number of unbranched alkanes of at least 4 members (excludes halogenated alkanes) is 2. The molecule has 8 N–H and O–H groups in total. The van der Waals surface area contributed by atoms with Gasteiger partial charge in [0.25, 0.3) is 0 Å². The van der Waals surface area contributed by atoms with Crippen LogP contribution in [-0.4, -0.2) is 198 Å². The molecule has 2 saturated heterocycles. The first kappa shape index (κ1) is 52.3. The summed E-state index contributed by atoms with van der Waals surface area (Å²) in [4.78, 5) is 25.6. The molecule has 10 unspecified atom stereocenters. The third-order valence-corrected chi connectivity index (χ3v) is 11.2. The van der Waals surface area contributed by atoms with Crippen molar-refractivity contribution in [3.8, 4) is 0 Å². The van der Waals surface area contributed by atoms with Gasteiger partial charge in [-0.25, -0.2) is 9.36 Å². The fourth-order valence-corrected chi connectivity index (χ4v) is 7.20. The van der Waals surface area contributed by atoms with E-state index < -0.39 is 86.3 Å². The summed E-state index contributed by atoms with van der Waals surface area (Å²) >= 11 is 0. The molecule has 0 aromatic carbocycles. The maximum Gasteiger partial charge on any atom is 0.217 e. The van der Waals surface area contributed by atoms with Gasteiger partial charge in [-0.2, -0.15) is 0 Å². The maximum atomic E-state index is 11.7. The molecule has 10 atom stereocenters. The van der Waals surface area contributed by atoms with Gasteiger partial charge >= 0.3 is 0 Å². The van der Waals surface area contributed by atoms with Crippen LogP contribution in [0.4, 0.5) is 0 Å². The van der Waals surface area contributed by atoms with Crippen LogP contribution in [0, 0.1) is 5.41 Å². The molecule has 2 amide bonds. The molecule has 2 aliphatic heterocycles. The summed E-state index contributed by atoms with van der Waals surface area (Å²) in [5, 5.41) is 82.7. The van der Waals surface area contributed by atoms with Crippen molar-refractivity contribution < 1.29 is 68.6 Å². The highest BCUT2D eigenvalue weighted by Gasteiger charge is 2.46. The predicted octanol–water partition coefficient (Wildman–Crippen LogP) is -2.18. The van der Waals surface area contributed by atoms with Crippen LogP contribution in [0.3, 0.4) is 0 Å². The van der Waals surface area contributed by atoms with E-state index in [1.807, 2.05) is 12.4 Å². The second kappa shape index (κ2) is 26.6. The number of rotatable bonds is 29. The Bertz CT molecular complexity index is 1520. The van der Waals surface area contributed by atoms with Gasteiger partial charge in [-0.05, 0) is 24.8 Å². The molecule has 4 heterocycles. The van der Waals surface area contributed by atoms with Crippen molar-refractivity contribution in [3.63, 3.8) is 0 Å².